The number of carbonyl (C=O) groups excluding carboxylic acids is 1. The molecule has 0 bridgehead atoms. The van der Waals surface area contributed by atoms with Crippen molar-refractivity contribution in [2.75, 3.05) is 0 Å². The third-order valence-corrected chi connectivity index (χ3v) is 3.66. The molecule has 0 radical (unpaired) electrons. The van der Waals surface area contributed by atoms with Crippen LogP contribution in [-0.2, 0) is 9.53 Å². The largest absolute Gasteiger partial charge is 0.462 e. The van der Waals surface area contributed by atoms with Gasteiger partial charge in [-0.25, -0.2) is 9.79 Å². The number of carbonyl (C=O) groups is 1. The number of ether oxygens (including phenoxy) is 1. The number of hydrogen-bond donors (Lipinski definition) is 0. The van der Waals surface area contributed by atoms with E-state index in [0.29, 0.717) is 21.4 Å². The number of nitrogens with zero attached hydrogens (tertiary/aromatic N) is 1. The van der Waals surface area contributed by atoms with Crippen molar-refractivity contribution in [1.82, 2.24) is 0 Å². The number of benzene rings is 1. The van der Waals surface area contributed by atoms with Gasteiger partial charge in [-0.3, -0.25) is 0 Å². The van der Waals surface area contributed by atoms with Crippen LogP contribution in [0.15, 0.2) is 45.4 Å². The summed E-state index contributed by atoms with van der Waals surface area (Å²) < 4.78 is 10.5. The molecule has 2 aromatic rings. The molecule has 1 aromatic carbocycles. The molecule has 0 N–H and O–H groups in total. The Labute approximate surface area is 130 Å². The van der Waals surface area contributed by atoms with Crippen molar-refractivity contribution < 1.29 is 13.9 Å². The van der Waals surface area contributed by atoms with E-state index in [0.717, 1.165) is 5.76 Å². The van der Waals surface area contributed by atoms with E-state index in [-0.39, 0.29) is 11.6 Å². The van der Waals surface area contributed by atoms with Gasteiger partial charge in [0.25, 0.3) is 0 Å². The van der Waals surface area contributed by atoms with Crippen LogP contribution in [-0.4, -0.2) is 11.9 Å². The molecule has 0 atom stereocenters. The zero-order chi connectivity index (χ0) is 15.0. The second-order valence-corrected chi connectivity index (χ2v) is 5.17. The molecule has 0 amide bonds. The van der Waals surface area contributed by atoms with E-state index in [1.54, 1.807) is 30.3 Å². The minimum atomic E-state index is -0.560. The Bertz CT molecular complexity index is 790. The lowest BCUT2D eigenvalue weighted by molar-refractivity contribution is -0.129. The summed E-state index contributed by atoms with van der Waals surface area (Å²) in [7, 11) is 0. The van der Waals surface area contributed by atoms with Gasteiger partial charge in [-0.05, 0) is 31.2 Å². The van der Waals surface area contributed by atoms with Gasteiger partial charge in [0.1, 0.15) is 11.5 Å². The first-order valence-electron chi connectivity index (χ1n) is 6.08. The van der Waals surface area contributed by atoms with Crippen LogP contribution in [0.3, 0.4) is 0 Å². The Morgan fingerprint density at radius 1 is 1.19 bits per heavy atom. The number of aliphatic imine (C=N–C) groups is 1. The van der Waals surface area contributed by atoms with Gasteiger partial charge in [0.2, 0.25) is 5.90 Å². The van der Waals surface area contributed by atoms with Crippen LogP contribution in [0.25, 0.3) is 6.08 Å². The van der Waals surface area contributed by atoms with Crippen LogP contribution in [0, 0.1) is 6.92 Å². The highest BCUT2D eigenvalue weighted by molar-refractivity contribution is 6.44. The smallest absolute Gasteiger partial charge is 0.363 e. The fourth-order valence-electron chi connectivity index (χ4n) is 1.86. The molecule has 0 saturated heterocycles. The second-order valence-electron chi connectivity index (χ2n) is 4.39. The van der Waals surface area contributed by atoms with Gasteiger partial charge in [0.05, 0.1) is 15.6 Å². The fraction of sp³-hybridized carbons (Fsp3) is 0.0667. The van der Waals surface area contributed by atoms with Gasteiger partial charge >= 0.3 is 5.97 Å². The lowest BCUT2D eigenvalue weighted by Gasteiger charge is -2.03. The van der Waals surface area contributed by atoms with Crippen molar-refractivity contribution in [3.63, 3.8) is 0 Å². The quantitative estimate of drug-likeness (QED) is 0.614. The number of cyclic esters (lactones) is 1. The highest BCUT2D eigenvalue weighted by Gasteiger charge is 2.26. The van der Waals surface area contributed by atoms with Gasteiger partial charge in [-0.15, -0.1) is 0 Å². The summed E-state index contributed by atoms with van der Waals surface area (Å²) >= 11 is 12.0. The summed E-state index contributed by atoms with van der Waals surface area (Å²) in [5, 5.41) is 0.660. The van der Waals surface area contributed by atoms with Crippen LogP contribution < -0.4 is 0 Å². The first kappa shape index (κ1) is 13.9. The van der Waals surface area contributed by atoms with Crippen molar-refractivity contribution in [2.24, 2.45) is 4.99 Å². The SMILES string of the molecule is Cc1ccc(C=C2N=C(c3cccc(Cl)c3Cl)OC2=O)o1. The number of esters is 1. The van der Waals surface area contributed by atoms with Crippen molar-refractivity contribution in [1.29, 1.82) is 0 Å². The van der Waals surface area contributed by atoms with Crippen molar-refractivity contribution in [2.45, 2.75) is 6.92 Å². The zero-order valence-electron chi connectivity index (χ0n) is 10.9. The Kier molecular flexibility index (Phi) is 3.57. The molecule has 0 saturated carbocycles. The molecule has 0 unspecified atom stereocenters. The predicted molar refractivity (Wildman–Crippen MR) is 80.5 cm³/mol. The summed E-state index contributed by atoms with van der Waals surface area (Å²) in [6.07, 6.45) is 1.51. The van der Waals surface area contributed by atoms with Crippen LogP contribution in [0.5, 0.6) is 0 Å². The zero-order valence-corrected chi connectivity index (χ0v) is 12.4. The van der Waals surface area contributed by atoms with Crippen LogP contribution in [0.4, 0.5) is 0 Å². The Hall–Kier alpha value is -2.04. The number of halogens is 2. The number of rotatable bonds is 2. The second kappa shape index (κ2) is 5.39. The van der Waals surface area contributed by atoms with Crippen LogP contribution in [0.1, 0.15) is 17.1 Å². The van der Waals surface area contributed by atoms with E-state index in [4.69, 9.17) is 32.4 Å². The minimum Gasteiger partial charge on any atom is -0.462 e. The topological polar surface area (TPSA) is 51.8 Å². The standard InChI is InChI=1S/C15H9Cl2NO3/c1-8-5-6-9(20-8)7-12-15(19)21-14(18-12)10-3-2-4-11(16)13(10)17/h2-7H,1H3. The third-order valence-electron chi connectivity index (χ3n) is 2.84. The van der Waals surface area contributed by atoms with Crippen LogP contribution >= 0.6 is 23.2 Å². The van der Waals surface area contributed by atoms with Crippen molar-refractivity contribution in [3.8, 4) is 0 Å². The molecule has 1 aliphatic rings. The summed E-state index contributed by atoms with van der Waals surface area (Å²) in [4.78, 5) is 16.0. The van der Waals surface area contributed by atoms with Crippen LogP contribution in [0.2, 0.25) is 10.0 Å². The molecular formula is C15H9Cl2NO3. The minimum absolute atomic E-state index is 0.127. The lowest BCUT2D eigenvalue weighted by atomic mass is 10.2. The molecule has 1 aliphatic heterocycles. The molecule has 21 heavy (non-hydrogen) atoms. The molecule has 0 spiro atoms. The Morgan fingerprint density at radius 2 is 2.00 bits per heavy atom. The van der Waals surface area contributed by atoms with E-state index in [2.05, 4.69) is 4.99 Å². The van der Waals surface area contributed by atoms with E-state index >= 15 is 0 Å². The first-order valence-corrected chi connectivity index (χ1v) is 6.83. The molecule has 3 rings (SSSR count). The van der Waals surface area contributed by atoms with Gasteiger partial charge in [-0.2, -0.15) is 0 Å². The average molecular weight is 322 g/mol. The number of aryl methyl sites for hydroxylation is 1. The van der Waals surface area contributed by atoms with E-state index in [1.165, 1.54) is 6.08 Å². The molecule has 6 heteroatoms. The molecule has 0 fully saturated rings. The number of hydrogen-bond acceptors (Lipinski definition) is 4. The molecule has 0 aliphatic carbocycles. The lowest BCUT2D eigenvalue weighted by Crippen LogP contribution is -2.06. The maximum absolute atomic E-state index is 11.8. The maximum atomic E-state index is 11.8. The van der Waals surface area contributed by atoms with Crippen molar-refractivity contribution >= 4 is 41.1 Å². The summed E-state index contributed by atoms with van der Waals surface area (Å²) in [6, 6.07) is 8.57. The van der Waals surface area contributed by atoms with Gasteiger partial charge in [-0.1, -0.05) is 29.3 Å². The molecule has 106 valence electrons. The predicted octanol–water partition coefficient (Wildman–Crippen LogP) is 4.24. The average Bonchev–Trinajstić information content (AvgIpc) is 3.00. The Morgan fingerprint density at radius 3 is 2.71 bits per heavy atom. The normalized spacial score (nSPS) is 16.2. The van der Waals surface area contributed by atoms with Crippen molar-refractivity contribution in [3.05, 3.63) is 63.2 Å². The van der Waals surface area contributed by atoms with E-state index in [9.17, 15) is 4.79 Å². The summed E-state index contributed by atoms with van der Waals surface area (Å²) in [5.41, 5.74) is 0.618. The molecular weight excluding hydrogens is 313 g/mol. The molecule has 4 nitrogen and oxygen atoms in total. The maximum Gasteiger partial charge on any atom is 0.363 e. The van der Waals surface area contributed by atoms with Gasteiger partial charge in [0, 0.05) is 6.08 Å². The Balaban J connectivity index is 1.99. The molecule has 1 aromatic heterocycles. The summed E-state index contributed by atoms with van der Waals surface area (Å²) in [6.45, 7) is 1.81. The summed E-state index contributed by atoms with van der Waals surface area (Å²) in [5.74, 6) is 0.842. The van der Waals surface area contributed by atoms with E-state index < -0.39 is 5.97 Å². The van der Waals surface area contributed by atoms with E-state index in [1.807, 2.05) is 6.92 Å². The third kappa shape index (κ3) is 2.73. The first-order chi connectivity index (χ1) is 10.0. The fourth-order valence-corrected chi connectivity index (χ4v) is 2.24. The number of furan rings is 1. The monoisotopic (exact) mass is 321 g/mol. The highest BCUT2D eigenvalue weighted by atomic mass is 35.5. The van der Waals surface area contributed by atoms with Gasteiger partial charge < -0.3 is 9.15 Å². The molecule has 2 heterocycles. The van der Waals surface area contributed by atoms with Gasteiger partial charge in [0.15, 0.2) is 5.70 Å². The highest BCUT2D eigenvalue weighted by Crippen LogP contribution is 2.29.